The average molecular weight is 416 g/mol. The zero-order valence-electron chi connectivity index (χ0n) is 17.1. The molecule has 0 spiro atoms. The lowest BCUT2D eigenvalue weighted by atomic mass is 10.0. The second-order valence-corrected chi connectivity index (χ2v) is 6.02. The maximum Gasteiger partial charge on any atom is 0.356 e. The van der Waals surface area contributed by atoms with Crippen molar-refractivity contribution in [2.75, 3.05) is 35.0 Å². The van der Waals surface area contributed by atoms with E-state index < -0.39 is 17.9 Å². The van der Waals surface area contributed by atoms with Gasteiger partial charge in [0.15, 0.2) is 11.5 Å². The molecule has 30 heavy (non-hydrogen) atoms. The van der Waals surface area contributed by atoms with Gasteiger partial charge in [0.2, 0.25) is 0 Å². The second kappa shape index (κ2) is 8.27. The van der Waals surface area contributed by atoms with Crippen LogP contribution in [0.2, 0.25) is 0 Å². The Balaban J connectivity index is 2.53. The Morgan fingerprint density at radius 3 is 2.17 bits per heavy atom. The summed E-state index contributed by atoms with van der Waals surface area (Å²) in [6.07, 6.45) is 0. The number of aromatic amines is 1. The van der Waals surface area contributed by atoms with Crippen LogP contribution in [0.25, 0.3) is 21.8 Å². The standard InChI is InChI=1S/C20H20N2O8/c1-6-30-20(25)12-8-10-14(21-12)13-9(18(23)28-4)7-11(19(24)29-5)22-15(13)17(27-3)16(10)26-2/h7-8,22H,6H2,1-5H3. The molecule has 1 N–H and O–H groups in total. The summed E-state index contributed by atoms with van der Waals surface area (Å²) in [5, 5.41) is 0.715. The maximum absolute atomic E-state index is 12.6. The highest BCUT2D eigenvalue weighted by Crippen LogP contribution is 2.44. The third-order valence-electron chi connectivity index (χ3n) is 4.45. The van der Waals surface area contributed by atoms with Crippen molar-refractivity contribution >= 4 is 39.7 Å². The Kier molecular flexibility index (Phi) is 5.77. The van der Waals surface area contributed by atoms with E-state index in [-0.39, 0.29) is 51.5 Å². The van der Waals surface area contributed by atoms with Crippen molar-refractivity contribution in [1.29, 1.82) is 0 Å². The largest absolute Gasteiger partial charge is 0.492 e. The molecule has 0 fully saturated rings. The van der Waals surface area contributed by atoms with Gasteiger partial charge in [0.05, 0.1) is 51.6 Å². The van der Waals surface area contributed by atoms with Gasteiger partial charge in [-0.3, -0.25) is 0 Å². The zero-order valence-corrected chi connectivity index (χ0v) is 17.1. The van der Waals surface area contributed by atoms with Gasteiger partial charge in [-0.15, -0.1) is 0 Å². The van der Waals surface area contributed by atoms with Crippen LogP contribution in [-0.4, -0.2) is 62.9 Å². The molecule has 0 amide bonds. The number of carbonyl (C=O) groups excluding carboxylic acids is 3. The van der Waals surface area contributed by atoms with E-state index in [0.29, 0.717) is 5.39 Å². The number of hydrogen-bond donors (Lipinski definition) is 1. The minimum Gasteiger partial charge on any atom is -0.492 e. The molecule has 0 aliphatic heterocycles. The topological polar surface area (TPSA) is 126 Å². The molecule has 3 rings (SSSR count). The zero-order chi connectivity index (χ0) is 22.0. The minimum absolute atomic E-state index is 0.0118. The Labute approximate surface area is 171 Å². The smallest absolute Gasteiger partial charge is 0.356 e. The molecular weight excluding hydrogens is 396 g/mol. The number of carbonyl (C=O) groups is 3. The molecule has 158 valence electrons. The van der Waals surface area contributed by atoms with Gasteiger partial charge in [0, 0.05) is 10.8 Å². The van der Waals surface area contributed by atoms with Gasteiger partial charge in [-0.25, -0.2) is 19.4 Å². The Hall–Kier alpha value is -3.82. The fraction of sp³-hybridized carbons (Fsp3) is 0.300. The number of methoxy groups -OCH3 is 4. The molecule has 10 nitrogen and oxygen atoms in total. The summed E-state index contributed by atoms with van der Waals surface area (Å²) in [6.45, 7) is 1.85. The van der Waals surface area contributed by atoms with Crippen molar-refractivity contribution in [3.63, 3.8) is 0 Å². The highest BCUT2D eigenvalue weighted by Gasteiger charge is 2.27. The molecular formula is C20H20N2O8. The van der Waals surface area contributed by atoms with Crippen molar-refractivity contribution in [2.24, 2.45) is 0 Å². The summed E-state index contributed by atoms with van der Waals surface area (Å²) in [7, 11) is 5.25. The molecule has 0 aliphatic rings. The molecule has 10 heteroatoms. The van der Waals surface area contributed by atoms with Crippen LogP contribution >= 0.6 is 0 Å². The monoisotopic (exact) mass is 416 g/mol. The predicted molar refractivity (Wildman–Crippen MR) is 105 cm³/mol. The summed E-state index contributed by atoms with van der Waals surface area (Å²) >= 11 is 0. The molecule has 3 aromatic rings. The first-order valence-corrected chi connectivity index (χ1v) is 8.86. The van der Waals surface area contributed by atoms with Gasteiger partial charge in [-0.05, 0) is 19.1 Å². The van der Waals surface area contributed by atoms with Crippen molar-refractivity contribution < 1.29 is 38.1 Å². The molecule has 1 aromatic carbocycles. The van der Waals surface area contributed by atoms with E-state index >= 15 is 0 Å². The van der Waals surface area contributed by atoms with E-state index in [9.17, 15) is 14.4 Å². The summed E-state index contributed by atoms with van der Waals surface area (Å²) in [4.78, 5) is 44.2. The number of esters is 3. The quantitative estimate of drug-likeness (QED) is 0.476. The van der Waals surface area contributed by atoms with Crippen LogP contribution in [0.5, 0.6) is 11.5 Å². The normalized spacial score (nSPS) is 10.7. The van der Waals surface area contributed by atoms with Gasteiger partial charge in [0.1, 0.15) is 11.4 Å². The molecule has 0 bridgehead atoms. The Morgan fingerprint density at radius 1 is 0.933 bits per heavy atom. The van der Waals surface area contributed by atoms with E-state index in [1.54, 1.807) is 6.92 Å². The predicted octanol–water partition coefficient (Wildman–Crippen LogP) is 2.48. The van der Waals surface area contributed by atoms with E-state index in [1.165, 1.54) is 40.6 Å². The first-order chi connectivity index (χ1) is 14.4. The molecule has 2 aromatic heterocycles. The van der Waals surface area contributed by atoms with Crippen molar-refractivity contribution in [3.05, 3.63) is 29.1 Å². The lowest BCUT2D eigenvalue weighted by Crippen LogP contribution is -2.11. The van der Waals surface area contributed by atoms with Gasteiger partial charge >= 0.3 is 17.9 Å². The van der Waals surface area contributed by atoms with Crippen LogP contribution in [0, 0.1) is 0 Å². The number of hydrogen-bond acceptors (Lipinski definition) is 9. The molecule has 0 unspecified atom stereocenters. The number of rotatable bonds is 6. The van der Waals surface area contributed by atoms with Crippen LogP contribution < -0.4 is 9.47 Å². The maximum atomic E-state index is 12.6. The van der Waals surface area contributed by atoms with E-state index in [4.69, 9.17) is 23.7 Å². The summed E-state index contributed by atoms with van der Waals surface area (Å²) in [5.41, 5.74) is 0.582. The number of nitrogens with one attached hydrogen (secondary N) is 1. The number of H-pyrrole nitrogens is 1. The van der Waals surface area contributed by atoms with Gasteiger partial charge in [-0.2, -0.15) is 0 Å². The summed E-state index contributed by atoms with van der Waals surface area (Å²) in [5.74, 6) is -1.58. The number of ether oxygens (including phenoxy) is 5. The van der Waals surface area contributed by atoms with Crippen molar-refractivity contribution in [1.82, 2.24) is 9.97 Å². The van der Waals surface area contributed by atoms with E-state index in [0.717, 1.165) is 0 Å². The molecule has 0 saturated heterocycles. The van der Waals surface area contributed by atoms with E-state index in [2.05, 4.69) is 9.97 Å². The van der Waals surface area contributed by atoms with Crippen LogP contribution in [0.1, 0.15) is 38.3 Å². The lowest BCUT2D eigenvalue weighted by Gasteiger charge is -2.15. The summed E-state index contributed by atoms with van der Waals surface area (Å²) in [6, 6.07) is 2.79. The first kappa shape index (κ1) is 20.9. The number of nitrogens with zero attached hydrogens (tertiary/aromatic N) is 1. The summed E-state index contributed by atoms with van der Waals surface area (Å²) < 4.78 is 25.7. The fourth-order valence-corrected chi connectivity index (χ4v) is 3.22. The highest BCUT2D eigenvalue weighted by atomic mass is 16.5. The minimum atomic E-state index is -0.714. The number of fused-ring (bicyclic) bond motifs is 3. The number of aromatic nitrogens is 2. The molecule has 0 radical (unpaired) electrons. The SMILES string of the molecule is CCOC(=O)c1cc2c(OC)c(OC)c3[nH]c(C(=O)OC)cc(C(=O)OC)c3c2n1. The molecule has 0 atom stereocenters. The van der Waals surface area contributed by atoms with Gasteiger partial charge in [0.25, 0.3) is 0 Å². The number of benzene rings is 1. The Morgan fingerprint density at radius 2 is 1.60 bits per heavy atom. The second-order valence-electron chi connectivity index (χ2n) is 6.02. The first-order valence-electron chi connectivity index (χ1n) is 8.86. The van der Waals surface area contributed by atoms with Crippen molar-refractivity contribution in [2.45, 2.75) is 6.92 Å². The Bertz CT molecular complexity index is 1170. The van der Waals surface area contributed by atoms with Crippen LogP contribution in [0.15, 0.2) is 12.1 Å². The third kappa shape index (κ3) is 3.25. The average Bonchev–Trinajstić information content (AvgIpc) is 3.21. The molecule has 2 heterocycles. The van der Waals surface area contributed by atoms with Crippen LogP contribution in [-0.2, 0) is 14.2 Å². The van der Waals surface area contributed by atoms with Gasteiger partial charge in [-0.1, -0.05) is 0 Å². The molecule has 0 aliphatic carbocycles. The third-order valence-corrected chi connectivity index (χ3v) is 4.45. The van der Waals surface area contributed by atoms with Crippen molar-refractivity contribution in [3.8, 4) is 11.5 Å². The van der Waals surface area contributed by atoms with E-state index in [1.807, 2.05) is 0 Å². The van der Waals surface area contributed by atoms with Crippen LogP contribution in [0.4, 0.5) is 0 Å². The highest BCUT2D eigenvalue weighted by molar-refractivity contribution is 6.20. The van der Waals surface area contributed by atoms with Gasteiger partial charge < -0.3 is 28.7 Å². The fourth-order valence-electron chi connectivity index (χ4n) is 3.22. The lowest BCUT2D eigenvalue weighted by molar-refractivity contribution is 0.0518. The molecule has 0 saturated carbocycles. The van der Waals surface area contributed by atoms with Crippen LogP contribution in [0.3, 0.4) is 0 Å². The number of pyridine rings is 1.